The van der Waals surface area contributed by atoms with Crippen molar-refractivity contribution in [2.24, 2.45) is 0 Å². The molecule has 0 saturated carbocycles. The molecule has 1 aliphatic rings. The number of hydrogen-bond acceptors (Lipinski definition) is 2. The van der Waals surface area contributed by atoms with Crippen LogP contribution in [0.25, 0.3) is 0 Å². The fourth-order valence-corrected chi connectivity index (χ4v) is 3.17. The first-order chi connectivity index (χ1) is 7.72. The van der Waals surface area contributed by atoms with Crippen LogP contribution in [0.4, 0.5) is 5.69 Å². The fourth-order valence-electron chi connectivity index (χ4n) is 2.45. The lowest BCUT2D eigenvalue weighted by atomic mass is 10.1. The van der Waals surface area contributed by atoms with Crippen molar-refractivity contribution in [2.45, 2.75) is 32.2 Å². The lowest BCUT2D eigenvalue weighted by molar-refractivity contribution is 0.276. The zero-order chi connectivity index (χ0) is 11.5. The quantitative estimate of drug-likeness (QED) is 0.922. The summed E-state index contributed by atoms with van der Waals surface area (Å²) in [6.45, 7) is 3.49. The van der Waals surface area contributed by atoms with E-state index in [9.17, 15) is 0 Å². The molecular formula is C13H18BrNO. The van der Waals surface area contributed by atoms with Gasteiger partial charge in [-0.05, 0) is 59.8 Å². The maximum Gasteiger partial charge on any atom is 0.0513 e. The molecule has 0 bridgehead atoms. The van der Waals surface area contributed by atoms with Crippen LogP contribution in [0, 0.1) is 6.92 Å². The second kappa shape index (κ2) is 5.19. The number of nitrogens with zero attached hydrogens (tertiary/aromatic N) is 1. The minimum Gasteiger partial charge on any atom is -0.396 e. The van der Waals surface area contributed by atoms with Crippen molar-refractivity contribution < 1.29 is 5.11 Å². The molecule has 1 aliphatic heterocycles. The molecule has 1 aromatic rings. The highest BCUT2D eigenvalue weighted by Gasteiger charge is 2.25. The number of halogens is 1. The van der Waals surface area contributed by atoms with E-state index in [2.05, 4.69) is 46.0 Å². The van der Waals surface area contributed by atoms with Crippen LogP contribution in [0.3, 0.4) is 0 Å². The van der Waals surface area contributed by atoms with Crippen LogP contribution in [0.5, 0.6) is 0 Å². The Kier molecular flexibility index (Phi) is 3.87. The molecule has 0 spiro atoms. The van der Waals surface area contributed by atoms with Crippen LogP contribution < -0.4 is 4.90 Å². The lowest BCUT2D eigenvalue weighted by Crippen LogP contribution is -2.30. The summed E-state index contributed by atoms with van der Waals surface area (Å²) in [6.07, 6.45) is 3.30. The maximum absolute atomic E-state index is 9.07. The Labute approximate surface area is 105 Å². The first-order valence-corrected chi connectivity index (χ1v) is 6.65. The van der Waals surface area contributed by atoms with Gasteiger partial charge in [-0.1, -0.05) is 6.07 Å². The predicted molar refractivity (Wildman–Crippen MR) is 70.9 cm³/mol. The molecule has 0 aromatic heterocycles. The molecule has 3 heteroatoms. The van der Waals surface area contributed by atoms with Gasteiger partial charge in [-0.15, -0.1) is 0 Å². The Morgan fingerprint density at radius 1 is 1.50 bits per heavy atom. The van der Waals surface area contributed by atoms with E-state index in [1.807, 2.05) is 0 Å². The molecule has 88 valence electrons. The van der Waals surface area contributed by atoms with Crippen molar-refractivity contribution in [1.82, 2.24) is 0 Å². The second-order valence-corrected chi connectivity index (χ2v) is 5.31. The summed E-state index contributed by atoms with van der Waals surface area (Å²) in [7, 11) is 0. The molecule has 0 amide bonds. The van der Waals surface area contributed by atoms with Crippen LogP contribution in [0.2, 0.25) is 0 Å². The monoisotopic (exact) mass is 283 g/mol. The molecule has 2 rings (SSSR count). The van der Waals surface area contributed by atoms with Crippen molar-refractivity contribution in [3.63, 3.8) is 0 Å². The van der Waals surface area contributed by atoms with Gasteiger partial charge < -0.3 is 10.0 Å². The number of benzene rings is 1. The van der Waals surface area contributed by atoms with E-state index >= 15 is 0 Å². The number of aryl methyl sites for hydroxylation is 1. The molecule has 1 saturated heterocycles. The zero-order valence-corrected chi connectivity index (χ0v) is 11.2. The van der Waals surface area contributed by atoms with E-state index in [0.29, 0.717) is 6.04 Å². The van der Waals surface area contributed by atoms with Gasteiger partial charge in [0, 0.05) is 23.7 Å². The Morgan fingerprint density at radius 3 is 3.00 bits per heavy atom. The van der Waals surface area contributed by atoms with Gasteiger partial charge in [0.05, 0.1) is 5.69 Å². The molecule has 1 heterocycles. The van der Waals surface area contributed by atoms with E-state index in [4.69, 9.17) is 5.11 Å². The number of hydrogen-bond donors (Lipinski definition) is 1. The molecule has 1 aromatic carbocycles. The minimum absolute atomic E-state index is 0.282. The first kappa shape index (κ1) is 11.9. The molecule has 0 aliphatic carbocycles. The van der Waals surface area contributed by atoms with Gasteiger partial charge in [-0.3, -0.25) is 0 Å². The van der Waals surface area contributed by atoms with E-state index < -0.39 is 0 Å². The molecule has 2 nitrogen and oxygen atoms in total. The fraction of sp³-hybridized carbons (Fsp3) is 0.538. The van der Waals surface area contributed by atoms with Crippen LogP contribution in [0.1, 0.15) is 24.8 Å². The Bertz CT molecular complexity index is 367. The largest absolute Gasteiger partial charge is 0.396 e. The number of aliphatic hydroxyl groups excluding tert-OH is 1. The third kappa shape index (κ3) is 2.41. The van der Waals surface area contributed by atoms with Crippen molar-refractivity contribution in [3.05, 3.63) is 28.2 Å². The molecular weight excluding hydrogens is 266 g/mol. The van der Waals surface area contributed by atoms with Gasteiger partial charge >= 0.3 is 0 Å². The van der Waals surface area contributed by atoms with Gasteiger partial charge in [0.15, 0.2) is 0 Å². The molecule has 1 fully saturated rings. The number of aliphatic hydroxyl groups is 1. The summed E-state index contributed by atoms with van der Waals surface area (Å²) in [5.74, 6) is 0. The Hall–Kier alpha value is -0.540. The zero-order valence-electron chi connectivity index (χ0n) is 9.62. The molecule has 0 radical (unpaired) electrons. The van der Waals surface area contributed by atoms with Gasteiger partial charge in [0.1, 0.15) is 0 Å². The maximum atomic E-state index is 9.07. The van der Waals surface area contributed by atoms with Gasteiger partial charge in [0.25, 0.3) is 0 Å². The average molecular weight is 284 g/mol. The van der Waals surface area contributed by atoms with Crippen molar-refractivity contribution in [2.75, 3.05) is 18.1 Å². The highest BCUT2D eigenvalue weighted by molar-refractivity contribution is 9.10. The summed E-state index contributed by atoms with van der Waals surface area (Å²) in [6, 6.07) is 6.98. The van der Waals surface area contributed by atoms with Gasteiger partial charge in [0.2, 0.25) is 0 Å². The third-order valence-corrected chi connectivity index (χ3v) is 3.89. The van der Waals surface area contributed by atoms with E-state index in [1.54, 1.807) is 0 Å². The summed E-state index contributed by atoms with van der Waals surface area (Å²) >= 11 is 3.63. The summed E-state index contributed by atoms with van der Waals surface area (Å²) in [4.78, 5) is 2.42. The van der Waals surface area contributed by atoms with Crippen LogP contribution in [0.15, 0.2) is 22.7 Å². The summed E-state index contributed by atoms with van der Waals surface area (Å²) in [5, 5.41) is 9.07. The highest BCUT2D eigenvalue weighted by Crippen LogP contribution is 2.33. The SMILES string of the molecule is Cc1ccc(N2CCCC2CCO)c(Br)c1. The van der Waals surface area contributed by atoms with E-state index in [-0.39, 0.29) is 6.61 Å². The van der Waals surface area contributed by atoms with Gasteiger partial charge in [-0.2, -0.15) is 0 Å². The van der Waals surface area contributed by atoms with Crippen molar-refractivity contribution in [1.29, 1.82) is 0 Å². The highest BCUT2D eigenvalue weighted by atomic mass is 79.9. The van der Waals surface area contributed by atoms with Crippen LogP contribution in [-0.2, 0) is 0 Å². The molecule has 1 unspecified atom stereocenters. The minimum atomic E-state index is 0.282. The Morgan fingerprint density at radius 2 is 2.31 bits per heavy atom. The summed E-state index contributed by atoms with van der Waals surface area (Å²) < 4.78 is 1.16. The smallest absolute Gasteiger partial charge is 0.0513 e. The van der Waals surface area contributed by atoms with Gasteiger partial charge in [-0.25, -0.2) is 0 Å². The Balaban J connectivity index is 2.22. The van der Waals surface area contributed by atoms with Crippen molar-refractivity contribution >= 4 is 21.6 Å². The molecule has 1 N–H and O–H groups in total. The topological polar surface area (TPSA) is 23.5 Å². The lowest BCUT2D eigenvalue weighted by Gasteiger charge is -2.27. The molecule has 16 heavy (non-hydrogen) atoms. The normalized spacial score (nSPS) is 20.4. The van der Waals surface area contributed by atoms with Crippen molar-refractivity contribution in [3.8, 4) is 0 Å². The number of rotatable bonds is 3. The average Bonchev–Trinajstić information content (AvgIpc) is 2.67. The third-order valence-electron chi connectivity index (χ3n) is 3.25. The second-order valence-electron chi connectivity index (χ2n) is 4.46. The number of anilines is 1. The van der Waals surface area contributed by atoms with Crippen LogP contribution >= 0.6 is 15.9 Å². The van der Waals surface area contributed by atoms with E-state index in [1.165, 1.54) is 24.1 Å². The molecule has 1 atom stereocenters. The standard InChI is InChI=1S/C13H18BrNO/c1-10-4-5-13(12(14)9-10)15-7-2-3-11(15)6-8-16/h4-5,9,11,16H,2-3,6-8H2,1H3. The predicted octanol–water partition coefficient (Wildman–Crippen LogP) is 3.11. The van der Waals surface area contributed by atoms with E-state index in [0.717, 1.165) is 17.4 Å². The van der Waals surface area contributed by atoms with Crippen LogP contribution in [-0.4, -0.2) is 24.3 Å². The first-order valence-electron chi connectivity index (χ1n) is 5.86. The summed E-state index contributed by atoms with van der Waals surface area (Å²) in [5.41, 5.74) is 2.54.